The van der Waals surface area contributed by atoms with Gasteiger partial charge in [0, 0.05) is 31.8 Å². The minimum Gasteiger partial charge on any atom is -0.411 e. The molecule has 0 amide bonds. The molecule has 2 saturated carbocycles. The Labute approximate surface area is 237 Å². The van der Waals surface area contributed by atoms with Crippen LogP contribution in [0, 0.1) is 34.5 Å². The summed E-state index contributed by atoms with van der Waals surface area (Å²) in [4.78, 5) is 16.3. The number of oxime groups is 1. The maximum Gasteiger partial charge on any atom is 0.176 e. The molecule has 5 nitrogen and oxygen atoms in total. The molecule has 40 heavy (non-hydrogen) atoms. The van der Waals surface area contributed by atoms with Crippen molar-refractivity contribution < 1.29 is 19.1 Å². The number of ether oxygens (including phenoxy) is 1. The van der Waals surface area contributed by atoms with Crippen LogP contribution >= 0.6 is 0 Å². The highest BCUT2D eigenvalue weighted by atomic mass is 19.1. The van der Waals surface area contributed by atoms with Gasteiger partial charge in [-0.15, -0.1) is 5.92 Å². The molecule has 1 N–H and O–H groups in total. The molecule has 0 radical (unpaired) electrons. The number of methoxy groups -OCH3 is 1. The minimum absolute atomic E-state index is 0.0483. The molecule has 0 aromatic heterocycles. The summed E-state index contributed by atoms with van der Waals surface area (Å²) < 4.78 is 21.4. The van der Waals surface area contributed by atoms with Gasteiger partial charge in [-0.2, -0.15) is 0 Å². The number of ketones is 1. The molecule has 3 fully saturated rings. The molecule has 6 rings (SSSR count). The van der Waals surface area contributed by atoms with Crippen LogP contribution in [-0.2, 0) is 9.53 Å². The van der Waals surface area contributed by atoms with Gasteiger partial charge in [-0.05, 0) is 110 Å². The Bertz CT molecular complexity index is 1330. The number of halogens is 1. The average Bonchev–Trinajstić information content (AvgIpc) is 3.60. The molecule has 1 aliphatic heterocycles. The zero-order valence-corrected chi connectivity index (χ0v) is 24.0. The second-order valence-corrected chi connectivity index (χ2v) is 12.7. The van der Waals surface area contributed by atoms with Gasteiger partial charge in [0.1, 0.15) is 12.8 Å². The number of hydrogen-bond donors (Lipinski definition) is 1. The SMILES string of the molecule is CC#C[C@]1(C(=O)COC)CC[C@H]2[C@@H]3CC(F)C4=CC(=NO)CCC4=C3[C@@H](c3ccc(N4CCCC4)cc3)C[C@@]21C. The Morgan fingerprint density at radius 2 is 1.98 bits per heavy atom. The Morgan fingerprint density at radius 3 is 2.65 bits per heavy atom. The molecule has 1 aromatic carbocycles. The highest BCUT2D eigenvalue weighted by molar-refractivity contribution is 5.97. The molecule has 1 unspecified atom stereocenters. The molecule has 1 aromatic rings. The highest BCUT2D eigenvalue weighted by Crippen LogP contribution is 2.69. The van der Waals surface area contributed by atoms with E-state index in [0.29, 0.717) is 37.0 Å². The van der Waals surface area contributed by atoms with Crippen LogP contribution < -0.4 is 4.90 Å². The number of nitrogens with zero attached hydrogens (tertiary/aromatic N) is 2. The van der Waals surface area contributed by atoms with E-state index in [1.54, 1.807) is 13.2 Å². The van der Waals surface area contributed by atoms with Gasteiger partial charge in [0.15, 0.2) is 5.78 Å². The van der Waals surface area contributed by atoms with Crippen molar-refractivity contribution in [2.24, 2.45) is 27.8 Å². The lowest BCUT2D eigenvalue weighted by Crippen LogP contribution is -2.52. The van der Waals surface area contributed by atoms with E-state index in [2.05, 4.69) is 53.1 Å². The van der Waals surface area contributed by atoms with Crippen LogP contribution in [0.4, 0.5) is 10.1 Å². The number of Topliss-reactive ketones (excluding diaryl/α,β-unsaturated/α-hetero) is 1. The maximum absolute atomic E-state index is 16.0. The van der Waals surface area contributed by atoms with Gasteiger partial charge in [0.2, 0.25) is 0 Å². The molecule has 1 saturated heterocycles. The summed E-state index contributed by atoms with van der Waals surface area (Å²) in [6.45, 7) is 6.32. The second kappa shape index (κ2) is 10.5. The number of allylic oxidation sites excluding steroid dienone is 4. The quantitative estimate of drug-likeness (QED) is 0.257. The third-order valence-corrected chi connectivity index (χ3v) is 10.9. The van der Waals surface area contributed by atoms with Gasteiger partial charge in [-0.3, -0.25) is 4.79 Å². The first-order chi connectivity index (χ1) is 19.4. The van der Waals surface area contributed by atoms with Crippen LogP contribution in [0.1, 0.15) is 76.7 Å². The van der Waals surface area contributed by atoms with Crippen molar-refractivity contribution in [2.45, 2.75) is 77.3 Å². The van der Waals surface area contributed by atoms with E-state index < -0.39 is 17.0 Å². The summed E-state index contributed by atoms with van der Waals surface area (Å²) in [7, 11) is 1.57. The van der Waals surface area contributed by atoms with Crippen molar-refractivity contribution in [2.75, 3.05) is 31.7 Å². The van der Waals surface area contributed by atoms with Crippen LogP contribution in [0.3, 0.4) is 0 Å². The van der Waals surface area contributed by atoms with Crippen molar-refractivity contribution in [1.29, 1.82) is 0 Å². The van der Waals surface area contributed by atoms with E-state index in [1.807, 2.05) is 6.92 Å². The third kappa shape index (κ3) is 4.07. The average molecular weight is 545 g/mol. The topological polar surface area (TPSA) is 62.1 Å². The lowest BCUT2D eigenvalue weighted by atomic mass is 9.48. The number of carbonyl (C=O) groups is 1. The number of carbonyl (C=O) groups excluding carboxylic acids is 1. The molecular weight excluding hydrogens is 503 g/mol. The largest absolute Gasteiger partial charge is 0.411 e. The van der Waals surface area contributed by atoms with Gasteiger partial charge < -0.3 is 14.8 Å². The molecule has 6 atom stereocenters. The summed E-state index contributed by atoms with van der Waals surface area (Å²) >= 11 is 0. The monoisotopic (exact) mass is 544 g/mol. The van der Waals surface area contributed by atoms with E-state index in [4.69, 9.17) is 4.74 Å². The van der Waals surface area contributed by atoms with Crippen molar-refractivity contribution in [3.63, 3.8) is 0 Å². The first-order valence-electron chi connectivity index (χ1n) is 15.0. The fourth-order valence-electron chi connectivity index (χ4n) is 9.14. The summed E-state index contributed by atoms with van der Waals surface area (Å²) in [6.07, 6.45) is 7.18. The Balaban J connectivity index is 1.50. The summed E-state index contributed by atoms with van der Waals surface area (Å²) in [5, 5.41) is 12.9. The summed E-state index contributed by atoms with van der Waals surface area (Å²) in [6, 6.07) is 9.02. The van der Waals surface area contributed by atoms with Crippen LogP contribution in [0.15, 0.2) is 52.2 Å². The number of rotatable bonds is 5. The van der Waals surface area contributed by atoms with Crippen LogP contribution in [0.2, 0.25) is 0 Å². The van der Waals surface area contributed by atoms with Crippen LogP contribution in [-0.4, -0.2) is 49.7 Å². The summed E-state index contributed by atoms with van der Waals surface area (Å²) in [5.41, 5.74) is 5.02. The van der Waals surface area contributed by atoms with Gasteiger partial charge in [-0.25, -0.2) is 4.39 Å². The molecule has 5 aliphatic rings. The smallest absolute Gasteiger partial charge is 0.176 e. The molecule has 212 valence electrons. The molecular formula is C34H41FN2O3. The fourth-order valence-corrected chi connectivity index (χ4v) is 9.14. The van der Waals surface area contributed by atoms with E-state index in [0.717, 1.165) is 31.5 Å². The fraction of sp³-hybridized carbons (Fsp3) is 0.588. The number of benzene rings is 1. The van der Waals surface area contributed by atoms with Crippen molar-refractivity contribution in [1.82, 2.24) is 0 Å². The summed E-state index contributed by atoms with van der Waals surface area (Å²) in [5.74, 6) is 6.89. The maximum atomic E-state index is 16.0. The van der Waals surface area contributed by atoms with Gasteiger partial charge in [-0.1, -0.05) is 35.7 Å². The first-order valence-corrected chi connectivity index (χ1v) is 15.0. The van der Waals surface area contributed by atoms with Gasteiger partial charge in [0.25, 0.3) is 0 Å². The number of hydrogen-bond acceptors (Lipinski definition) is 5. The van der Waals surface area contributed by atoms with Crippen molar-refractivity contribution >= 4 is 17.2 Å². The Hall–Kier alpha value is -2.91. The normalized spacial score (nSPS) is 36.0. The Morgan fingerprint density at radius 1 is 1.23 bits per heavy atom. The molecule has 6 heteroatoms. The lowest BCUT2D eigenvalue weighted by Gasteiger charge is -2.55. The van der Waals surface area contributed by atoms with Gasteiger partial charge in [0.05, 0.1) is 11.1 Å². The highest BCUT2D eigenvalue weighted by Gasteiger charge is 2.66. The third-order valence-electron chi connectivity index (χ3n) is 10.9. The van der Waals surface area contributed by atoms with E-state index in [-0.39, 0.29) is 30.1 Å². The number of fused-ring (bicyclic) bond motifs is 4. The van der Waals surface area contributed by atoms with E-state index in [1.165, 1.54) is 29.7 Å². The van der Waals surface area contributed by atoms with Gasteiger partial charge >= 0.3 is 0 Å². The van der Waals surface area contributed by atoms with Crippen molar-refractivity contribution in [3.05, 3.63) is 52.6 Å². The molecule has 4 aliphatic carbocycles. The standard InChI is InChI=1S/C34H41FN2O3/c1-4-14-34(31(38)21-40-3)15-13-29-27-19-30(35)26-18-23(36-39)9-12-25(26)32(27)28(20-33(29,34)2)22-7-10-24(11-8-22)37-16-5-6-17-37/h7-8,10-11,18,27-30,39H,5-6,9,12-13,15-17,19-21H2,1-3H3/t27-,28+,29-,30?,33-,34+/m0/s1. The molecule has 0 spiro atoms. The Kier molecular flexibility index (Phi) is 7.15. The predicted molar refractivity (Wildman–Crippen MR) is 155 cm³/mol. The molecule has 1 heterocycles. The van der Waals surface area contributed by atoms with E-state index >= 15 is 4.39 Å². The molecule has 0 bridgehead atoms. The van der Waals surface area contributed by atoms with Crippen LogP contribution in [0.5, 0.6) is 0 Å². The zero-order valence-electron chi connectivity index (χ0n) is 24.0. The number of alkyl halides is 1. The van der Waals surface area contributed by atoms with E-state index in [9.17, 15) is 10.0 Å². The second-order valence-electron chi connectivity index (χ2n) is 12.7. The minimum atomic E-state index is -1.11. The van der Waals surface area contributed by atoms with Crippen molar-refractivity contribution in [3.8, 4) is 11.8 Å². The number of anilines is 1. The predicted octanol–water partition coefficient (Wildman–Crippen LogP) is 6.62. The van der Waals surface area contributed by atoms with Crippen LogP contribution in [0.25, 0.3) is 0 Å². The zero-order chi connectivity index (χ0) is 28.1. The lowest BCUT2D eigenvalue weighted by molar-refractivity contribution is -0.136. The first kappa shape index (κ1) is 27.3.